The summed E-state index contributed by atoms with van der Waals surface area (Å²) in [4.78, 5) is 10.8. The van der Waals surface area contributed by atoms with Crippen LogP contribution in [0.3, 0.4) is 0 Å². The molecule has 1 radical (unpaired) electrons. The van der Waals surface area contributed by atoms with E-state index in [4.69, 9.17) is 4.74 Å². The minimum absolute atomic E-state index is 0.0974. The van der Waals surface area contributed by atoms with Gasteiger partial charge in [0, 0.05) is 11.8 Å². The number of hydrogen-bond donors (Lipinski definition) is 0. The normalized spacial score (nSPS) is 10.3. The van der Waals surface area contributed by atoms with Crippen LogP contribution in [-0.2, 0) is 4.79 Å². The highest BCUT2D eigenvalue weighted by Crippen LogP contribution is 2.25. The third-order valence-electron chi connectivity index (χ3n) is 2.33. The number of ketones is 1. The zero-order chi connectivity index (χ0) is 11.4. The molecule has 0 aromatic heterocycles. The van der Waals surface area contributed by atoms with Gasteiger partial charge in [0.1, 0.15) is 18.1 Å². The van der Waals surface area contributed by atoms with Gasteiger partial charge in [0.05, 0.1) is 0 Å². The Bertz CT molecular complexity index is 498. The Morgan fingerprint density at radius 3 is 2.75 bits per heavy atom. The molecule has 0 heterocycles. The SMILES string of the molecule is CC(=O)C[CH]Oc1cccc2ccccc12. The van der Waals surface area contributed by atoms with Crippen LogP contribution in [0.5, 0.6) is 5.75 Å². The van der Waals surface area contributed by atoms with Crippen molar-refractivity contribution in [2.24, 2.45) is 0 Å². The van der Waals surface area contributed by atoms with Crippen LogP contribution in [0.25, 0.3) is 10.8 Å². The molecule has 2 heteroatoms. The average Bonchev–Trinajstić information content (AvgIpc) is 2.29. The lowest BCUT2D eigenvalue weighted by molar-refractivity contribution is -0.116. The van der Waals surface area contributed by atoms with Crippen molar-refractivity contribution in [3.8, 4) is 5.75 Å². The average molecular weight is 213 g/mol. The van der Waals surface area contributed by atoms with E-state index in [1.54, 1.807) is 13.5 Å². The van der Waals surface area contributed by atoms with Crippen LogP contribution in [0.15, 0.2) is 42.5 Å². The number of carbonyl (C=O) groups excluding carboxylic acids is 1. The maximum atomic E-state index is 10.8. The lowest BCUT2D eigenvalue weighted by Crippen LogP contribution is -1.96. The van der Waals surface area contributed by atoms with Crippen molar-refractivity contribution < 1.29 is 9.53 Å². The molecule has 0 amide bonds. The van der Waals surface area contributed by atoms with E-state index in [1.807, 2.05) is 42.5 Å². The third kappa shape index (κ3) is 2.40. The van der Waals surface area contributed by atoms with E-state index < -0.39 is 0 Å². The number of benzene rings is 2. The molecule has 2 rings (SSSR count). The number of Topliss-reactive ketones (excluding diaryl/α,β-unsaturated/α-hetero) is 1. The molecule has 0 aliphatic heterocycles. The van der Waals surface area contributed by atoms with Crippen LogP contribution in [0.1, 0.15) is 13.3 Å². The van der Waals surface area contributed by atoms with E-state index >= 15 is 0 Å². The van der Waals surface area contributed by atoms with Crippen LogP contribution >= 0.6 is 0 Å². The van der Waals surface area contributed by atoms with Gasteiger partial charge in [0.25, 0.3) is 0 Å². The summed E-state index contributed by atoms with van der Waals surface area (Å²) >= 11 is 0. The smallest absolute Gasteiger partial charge is 0.143 e. The van der Waals surface area contributed by atoms with Crippen molar-refractivity contribution in [3.05, 3.63) is 49.1 Å². The number of rotatable bonds is 4. The molecule has 0 atom stereocenters. The predicted molar refractivity (Wildman–Crippen MR) is 64.2 cm³/mol. The molecule has 2 aromatic carbocycles. The first-order valence-electron chi connectivity index (χ1n) is 5.23. The Balaban J connectivity index is 2.20. The number of ether oxygens (including phenoxy) is 1. The standard InChI is InChI=1S/C14H13O2/c1-11(15)9-10-16-14-8-4-6-12-5-2-3-7-13(12)14/h2-8,10H,9H2,1H3. The molecule has 0 bridgehead atoms. The second-order valence-electron chi connectivity index (χ2n) is 3.67. The van der Waals surface area contributed by atoms with E-state index in [0.717, 1.165) is 16.5 Å². The molecule has 0 saturated carbocycles. The van der Waals surface area contributed by atoms with Gasteiger partial charge in [-0.25, -0.2) is 0 Å². The van der Waals surface area contributed by atoms with Crippen molar-refractivity contribution in [1.29, 1.82) is 0 Å². The highest BCUT2D eigenvalue weighted by atomic mass is 16.5. The van der Waals surface area contributed by atoms with Gasteiger partial charge in [-0.2, -0.15) is 0 Å². The molecule has 0 saturated heterocycles. The van der Waals surface area contributed by atoms with Crippen LogP contribution < -0.4 is 4.74 Å². The van der Waals surface area contributed by atoms with Crippen molar-refractivity contribution >= 4 is 16.6 Å². The quantitative estimate of drug-likeness (QED) is 0.778. The molecule has 0 fully saturated rings. The molecular formula is C14H13O2. The lowest BCUT2D eigenvalue weighted by atomic mass is 10.1. The van der Waals surface area contributed by atoms with E-state index in [9.17, 15) is 4.79 Å². The Hall–Kier alpha value is -1.83. The maximum absolute atomic E-state index is 10.8. The van der Waals surface area contributed by atoms with Gasteiger partial charge in [-0.3, -0.25) is 4.79 Å². The molecule has 0 aliphatic carbocycles. The van der Waals surface area contributed by atoms with Gasteiger partial charge in [-0.05, 0) is 18.4 Å². The summed E-state index contributed by atoms with van der Waals surface area (Å²) < 4.78 is 5.48. The van der Waals surface area contributed by atoms with Gasteiger partial charge in [-0.1, -0.05) is 36.4 Å². The Morgan fingerprint density at radius 1 is 1.19 bits per heavy atom. The largest absolute Gasteiger partial charge is 0.485 e. The zero-order valence-electron chi connectivity index (χ0n) is 9.14. The van der Waals surface area contributed by atoms with Gasteiger partial charge < -0.3 is 4.74 Å². The summed E-state index contributed by atoms with van der Waals surface area (Å²) in [5.41, 5.74) is 0. The second kappa shape index (κ2) is 4.79. The zero-order valence-corrected chi connectivity index (χ0v) is 9.14. The first-order chi connectivity index (χ1) is 7.77. The molecule has 0 aliphatic rings. The molecule has 0 unspecified atom stereocenters. The summed E-state index contributed by atoms with van der Waals surface area (Å²) in [6.45, 7) is 3.09. The lowest BCUT2D eigenvalue weighted by Gasteiger charge is -2.07. The van der Waals surface area contributed by atoms with Crippen molar-refractivity contribution in [3.63, 3.8) is 0 Å². The summed E-state index contributed by atoms with van der Waals surface area (Å²) in [5.74, 6) is 0.889. The van der Waals surface area contributed by atoms with Gasteiger partial charge >= 0.3 is 0 Å². The highest BCUT2D eigenvalue weighted by Gasteiger charge is 2.01. The molecule has 2 aromatic rings. The highest BCUT2D eigenvalue weighted by molar-refractivity contribution is 5.88. The molecule has 2 nitrogen and oxygen atoms in total. The fraction of sp³-hybridized carbons (Fsp3) is 0.143. The van der Waals surface area contributed by atoms with E-state index in [0.29, 0.717) is 6.42 Å². The minimum atomic E-state index is 0.0974. The number of carbonyl (C=O) groups is 1. The summed E-state index contributed by atoms with van der Waals surface area (Å²) in [7, 11) is 0. The second-order valence-corrected chi connectivity index (χ2v) is 3.67. The molecule has 16 heavy (non-hydrogen) atoms. The van der Waals surface area contributed by atoms with E-state index in [2.05, 4.69) is 0 Å². The molecule has 0 N–H and O–H groups in total. The Kier molecular flexibility index (Phi) is 3.20. The number of hydrogen-bond acceptors (Lipinski definition) is 2. The van der Waals surface area contributed by atoms with Crippen LogP contribution in [0.4, 0.5) is 0 Å². The molecule has 81 valence electrons. The Morgan fingerprint density at radius 2 is 1.94 bits per heavy atom. The summed E-state index contributed by atoms with van der Waals surface area (Å²) in [6.07, 6.45) is 0.337. The topological polar surface area (TPSA) is 26.3 Å². The van der Waals surface area contributed by atoms with Gasteiger partial charge in [0.15, 0.2) is 0 Å². The summed E-state index contributed by atoms with van der Waals surface area (Å²) in [5, 5.41) is 2.20. The van der Waals surface area contributed by atoms with Crippen molar-refractivity contribution in [1.82, 2.24) is 0 Å². The predicted octanol–water partition coefficient (Wildman–Crippen LogP) is 3.36. The minimum Gasteiger partial charge on any atom is -0.485 e. The number of fused-ring (bicyclic) bond motifs is 1. The van der Waals surface area contributed by atoms with Crippen LogP contribution in [0.2, 0.25) is 0 Å². The third-order valence-corrected chi connectivity index (χ3v) is 2.33. The molecule has 0 spiro atoms. The summed E-state index contributed by atoms with van der Waals surface area (Å²) in [6, 6.07) is 13.9. The van der Waals surface area contributed by atoms with Crippen LogP contribution in [0, 0.1) is 6.61 Å². The van der Waals surface area contributed by atoms with Gasteiger partial charge in [0.2, 0.25) is 0 Å². The van der Waals surface area contributed by atoms with E-state index in [1.165, 1.54) is 0 Å². The molecular weight excluding hydrogens is 200 g/mol. The van der Waals surface area contributed by atoms with E-state index in [-0.39, 0.29) is 5.78 Å². The maximum Gasteiger partial charge on any atom is 0.143 e. The van der Waals surface area contributed by atoms with Gasteiger partial charge in [-0.15, -0.1) is 0 Å². The van der Waals surface area contributed by atoms with Crippen molar-refractivity contribution in [2.45, 2.75) is 13.3 Å². The van der Waals surface area contributed by atoms with Crippen LogP contribution in [-0.4, -0.2) is 5.78 Å². The van der Waals surface area contributed by atoms with Crippen molar-refractivity contribution in [2.75, 3.05) is 0 Å². The first-order valence-corrected chi connectivity index (χ1v) is 5.23. The fourth-order valence-corrected chi connectivity index (χ4v) is 1.55. The fourth-order valence-electron chi connectivity index (χ4n) is 1.55. The Labute approximate surface area is 94.8 Å². The first kappa shape index (κ1) is 10.7. The monoisotopic (exact) mass is 213 g/mol.